The minimum atomic E-state index is -0.912. The number of amides is 4. The number of barbiturate groups is 1. The summed E-state index contributed by atoms with van der Waals surface area (Å²) in [4.78, 5) is 36.9. The summed E-state index contributed by atoms with van der Waals surface area (Å²) in [6.07, 6.45) is 0.261. The van der Waals surface area contributed by atoms with Crippen molar-refractivity contribution in [1.82, 2.24) is 15.2 Å². The second-order valence-corrected chi connectivity index (χ2v) is 9.79. The standard InChI is InChI=1S/C24H19N3O3S/c1-24(2)16-8-5-7-14-13-6-3-4-9-18(13)27(19(14)16)22-17(24)11-12(31-22)10-15-20(28)25-23(30)26-21(15)29/h3-9,11,15H,10H2,1-2H3,(H2,25,26,28,29,30). The van der Waals surface area contributed by atoms with Gasteiger partial charge < -0.3 is 4.57 Å². The number of hydrogen-bond donors (Lipinski definition) is 2. The van der Waals surface area contributed by atoms with Crippen LogP contribution in [0.2, 0.25) is 0 Å². The predicted molar refractivity (Wildman–Crippen MR) is 120 cm³/mol. The third-order valence-corrected chi connectivity index (χ3v) is 7.66. The molecule has 0 atom stereocenters. The first-order chi connectivity index (χ1) is 14.9. The Morgan fingerprint density at radius 2 is 1.65 bits per heavy atom. The highest BCUT2D eigenvalue weighted by molar-refractivity contribution is 7.14. The lowest BCUT2D eigenvalue weighted by Crippen LogP contribution is -2.56. The molecule has 0 aliphatic carbocycles. The van der Waals surface area contributed by atoms with Gasteiger partial charge in [0.25, 0.3) is 0 Å². The molecule has 4 heterocycles. The van der Waals surface area contributed by atoms with Crippen LogP contribution in [0, 0.1) is 5.92 Å². The summed E-state index contributed by atoms with van der Waals surface area (Å²) in [7, 11) is 0. The van der Waals surface area contributed by atoms with E-state index in [0.29, 0.717) is 0 Å². The number of para-hydroxylation sites is 2. The average molecular weight is 430 g/mol. The zero-order valence-corrected chi connectivity index (χ0v) is 17.8. The summed E-state index contributed by atoms with van der Waals surface area (Å²) in [5.74, 6) is -2.00. The highest BCUT2D eigenvalue weighted by atomic mass is 32.1. The highest BCUT2D eigenvalue weighted by Gasteiger charge is 2.39. The van der Waals surface area contributed by atoms with E-state index in [9.17, 15) is 14.4 Å². The molecule has 0 spiro atoms. The molecule has 2 N–H and O–H groups in total. The van der Waals surface area contributed by atoms with E-state index < -0.39 is 23.8 Å². The monoisotopic (exact) mass is 429 g/mol. The molecule has 2 aromatic heterocycles. The first-order valence-corrected chi connectivity index (χ1v) is 11.0. The van der Waals surface area contributed by atoms with Gasteiger partial charge in [-0.3, -0.25) is 20.2 Å². The minimum absolute atomic E-state index is 0.221. The molecule has 0 radical (unpaired) electrons. The molecule has 1 saturated heterocycles. The molecular weight excluding hydrogens is 410 g/mol. The maximum Gasteiger partial charge on any atom is 0.328 e. The molecule has 4 aromatic rings. The summed E-state index contributed by atoms with van der Waals surface area (Å²) < 4.78 is 2.32. The van der Waals surface area contributed by atoms with Crippen molar-refractivity contribution in [2.75, 3.05) is 0 Å². The number of imide groups is 2. The molecule has 0 unspecified atom stereocenters. The van der Waals surface area contributed by atoms with E-state index in [0.717, 1.165) is 15.4 Å². The van der Waals surface area contributed by atoms with Gasteiger partial charge >= 0.3 is 6.03 Å². The van der Waals surface area contributed by atoms with E-state index in [-0.39, 0.29) is 11.8 Å². The predicted octanol–water partition coefficient (Wildman–Crippen LogP) is 4.01. The fourth-order valence-corrected chi connectivity index (χ4v) is 6.34. The second-order valence-electron chi connectivity index (χ2n) is 8.68. The molecule has 6 rings (SSSR count). The third-order valence-electron chi connectivity index (χ3n) is 6.52. The Kier molecular flexibility index (Phi) is 3.57. The van der Waals surface area contributed by atoms with Crippen LogP contribution >= 0.6 is 11.3 Å². The number of carbonyl (C=O) groups is 3. The number of carbonyl (C=O) groups excluding carboxylic acids is 3. The van der Waals surface area contributed by atoms with Crippen LogP contribution in [0.4, 0.5) is 4.79 Å². The second kappa shape index (κ2) is 6.04. The number of urea groups is 1. The highest BCUT2D eigenvalue weighted by Crippen LogP contribution is 2.50. The van der Waals surface area contributed by atoms with Gasteiger partial charge in [-0.2, -0.15) is 0 Å². The molecule has 154 valence electrons. The molecule has 6 nitrogen and oxygen atoms in total. The number of nitrogens with one attached hydrogen (secondary N) is 2. The van der Waals surface area contributed by atoms with E-state index in [4.69, 9.17) is 0 Å². The lowest BCUT2D eigenvalue weighted by molar-refractivity contribution is -0.135. The van der Waals surface area contributed by atoms with Crippen LogP contribution in [0.25, 0.3) is 26.8 Å². The first kappa shape index (κ1) is 18.3. The molecule has 2 aliphatic rings. The lowest BCUT2D eigenvalue weighted by atomic mass is 9.76. The van der Waals surface area contributed by atoms with E-state index in [1.807, 2.05) is 6.07 Å². The van der Waals surface area contributed by atoms with Gasteiger partial charge in [0.15, 0.2) is 0 Å². The van der Waals surface area contributed by atoms with Crippen molar-refractivity contribution in [3.8, 4) is 5.00 Å². The number of aromatic nitrogens is 1. The molecule has 4 amide bonds. The number of hydrogen-bond acceptors (Lipinski definition) is 4. The molecule has 7 heteroatoms. The Bertz CT molecular complexity index is 1440. The Morgan fingerprint density at radius 1 is 0.935 bits per heavy atom. The van der Waals surface area contributed by atoms with E-state index in [1.165, 1.54) is 27.4 Å². The van der Waals surface area contributed by atoms with Crippen molar-refractivity contribution < 1.29 is 14.4 Å². The maximum absolute atomic E-state index is 12.3. The zero-order chi connectivity index (χ0) is 21.5. The number of benzene rings is 2. The molecule has 2 aliphatic heterocycles. The number of thiophene rings is 1. The minimum Gasteiger partial charge on any atom is -0.300 e. The first-order valence-electron chi connectivity index (χ1n) is 10.2. The van der Waals surface area contributed by atoms with Crippen molar-refractivity contribution in [1.29, 1.82) is 0 Å². The van der Waals surface area contributed by atoms with E-state index in [2.05, 4.69) is 71.5 Å². The van der Waals surface area contributed by atoms with Gasteiger partial charge in [-0.1, -0.05) is 50.2 Å². The van der Waals surface area contributed by atoms with Gasteiger partial charge in [0.05, 0.1) is 11.0 Å². The fourth-order valence-electron chi connectivity index (χ4n) is 4.96. The van der Waals surface area contributed by atoms with E-state index >= 15 is 0 Å². The number of rotatable bonds is 2. The number of fused-ring (bicyclic) bond motifs is 5. The van der Waals surface area contributed by atoms with Crippen molar-refractivity contribution in [3.05, 3.63) is 64.5 Å². The summed E-state index contributed by atoms with van der Waals surface area (Å²) in [6.45, 7) is 4.44. The largest absolute Gasteiger partial charge is 0.328 e. The lowest BCUT2D eigenvalue weighted by Gasteiger charge is -2.32. The Hall–Kier alpha value is -3.45. The van der Waals surface area contributed by atoms with Crippen LogP contribution in [0.3, 0.4) is 0 Å². The summed E-state index contributed by atoms with van der Waals surface area (Å²) in [6, 6.07) is 16.2. The Labute approximate surface area is 181 Å². The Balaban J connectivity index is 1.56. The van der Waals surface area contributed by atoms with Gasteiger partial charge in [0, 0.05) is 27.5 Å². The van der Waals surface area contributed by atoms with Gasteiger partial charge in [0.1, 0.15) is 10.9 Å². The summed E-state index contributed by atoms with van der Waals surface area (Å²) in [5.41, 5.74) is 4.58. The molecule has 0 bridgehead atoms. The Morgan fingerprint density at radius 3 is 2.42 bits per heavy atom. The van der Waals surface area contributed by atoms with E-state index in [1.54, 1.807) is 11.3 Å². The van der Waals surface area contributed by atoms with Crippen LogP contribution in [-0.4, -0.2) is 22.4 Å². The third kappa shape index (κ3) is 2.41. The molecule has 31 heavy (non-hydrogen) atoms. The van der Waals surface area contributed by atoms with Gasteiger partial charge in [-0.15, -0.1) is 11.3 Å². The van der Waals surface area contributed by atoms with Gasteiger partial charge in [-0.25, -0.2) is 4.79 Å². The van der Waals surface area contributed by atoms with Crippen LogP contribution < -0.4 is 10.6 Å². The zero-order valence-electron chi connectivity index (χ0n) is 17.0. The smallest absolute Gasteiger partial charge is 0.300 e. The fraction of sp³-hybridized carbons (Fsp3) is 0.208. The molecule has 0 saturated carbocycles. The molecule has 1 fully saturated rings. The van der Waals surface area contributed by atoms with Crippen LogP contribution in [0.5, 0.6) is 0 Å². The van der Waals surface area contributed by atoms with Gasteiger partial charge in [-0.05, 0) is 23.3 Å². The van der Waals surface area contributed by atoms with Crippen molar-refractivity contribution in [2.45, 2.75) is 25.7 Å². The summed E-state index contributed by atoms with van der Waals surface area (Å²) >= 11 is 1.61. The normalized spacial score (nSPS) is 17.7. The molecule has 2 aromatic carbocycles. The van der Waals surface area contributed by atoms with Crippen molar-refractivity contribution in [3.63, 3.8) is 0 Å². The number of nitrogens with zero attached hydrogens (tertiary/aromatic N) is 1. The topological polar surface area (TPSA) is 80.2 Å². The van der Waals surface area contributed by atoms with Crippen LogP contribution in [0.1, 0.15) is 29.9 Å². The van der Waals surface area contributed by atoms with Crippen LogP contribution in [-0.2, 0) is 21.4 Å². The molecular formula is C24H19N3O3S. The summed E-state index contributed by atoms with van der Waals surface area (Å²) in [5, 5.41) is 7.96. The van der Waals surface area contributed by atoms with Gasteiger partial charge in [0.2, 0.25) is 11.8 Å². The average Bonchev–Trinajstić information content (AvgIpc) is 3.29. The maximum atomic E-state index is 12.3. The SMILES string of the molecule is CC1(C)c2cc(CC3C(=O)NC(=O)NC3=O)sc2-n2c3ccccc3c3cccc1c32. The van der Waals surface area contributed by atoms with Crippen LogP contribution in [0.15, 0.2) is 48.5 Å². The van der Waals surface area contributed by atoms with Crippen molar-refractivity contribution in [2.24, 2.45) is 5.92 Å². The van der Waals surface area contributed by atoms with Crippen molar-refractivity contribution >= 4 is 51.0 Å². The quantitative estimate of drug-likeness (QED) is 0.473.